The number of hydrogen-bond acceptors (Lipinski definition) is 6. The minimum absolute atomic E-state index is 0.265. The van der Waals surface area contributed by atoms with Crippen molar-refractivity contribution < 1.29 is 19.1 Å². The average Bonchev–Trinajstić information content (AvgIpc) is 2.22. The van der Waals surface area contributed by atoms with Crippen molar-refractivity contribution in [3.63, 3.8) is 0 Å². The Kier molecular flexibility index (Phi) is 7.23. The van der Waals surface area contributed by atoms with Gasteiger partial charge >= 0.3 is 11.9 Å². The molecule has 0 saturated carbocycles. The maximum Gasteiger partial charge on any atom is 0.306 e. The molecular formula is C8H15NO4S. The van der Waals surface area contributed by atoms with Crippen molar-refractivity contribution in [1.29, 1.82) is 0 Å². The molecule has 0 amide bonds. The summed E-state index contributed by atoms with van der Waals surface area (Å²) < 4.78 is 10.5. The van der Waals surface area contributed by atoms with Crippen LogP contribution in [0.1, 0.15) is 12.8 Å². The third-order valence-corrected chi connectivity index (χ3v) is 2.00. The highest BCUT2D eigenvalue weighted by Crippen LogP contribution is 1.99. The number of esters is 2. The second-order valence-electron chi connectivity index (χ2n) is 2.61. The Morgan fingerprint density at radius 1 is 1.07 bits per heavy atom. The monoisotopic (exact) mass is 221 g/mol. The molecule has 0 radical (unpaired) electrons. The Morgan fingerprint density at radius 3 is 1.71 bits per heavy atom. The highest BCUT2D eigenvalue weighted by molar-refractivity contribution is 7.77. The van der Waals surface area contributed by atoms with Crippen molar-refractivity contribution in [3.05, 3.63) is 0 Å². The molecule has 6 heteroatoms. The van der Waals surface area contributed by atoms with Gasteiger partial charge in [-0.1, -0.05) is 12.8 Å². The first-order valence-electron chi connectivity index (χ1n) is 4.17. The highest BCUT2D eigenvalue weighted by Gasteiger charge is 2.07. The summed E-state index contributed by atoms with van der Waals surface area (Å²) in [6.07, 6.45) is 0.530. The van der Waals surface area contributed by atoms with Gasteiger partial charge in [0, 0.05) is 13.1 Å². The van der Waals surface area contributed by atoms with Crippen LogP contribution in [0, 0.1) is 0 Å². The van der Waals surface area contributed by atoms with E-state index < -0.39 is 0 Å². The van der Waals surface area contributed by atoms with Crippen molar-refractivity contribution in [2.24, 2.45) is 0 Å². The van der Waals surface area contributed by atoms with E-state index in [1.165, 1.54) is 14.2 Å². The van der Waals surface area contributed by atoms with Gasteiger partial charge < -0.3 is 9.47 Å². The van der Waals surface area contributed by atoms with Crippen molar-refractivity contribution in [1.82, 2.24) is 4.31 Å². The van der Waals surface area contributed by atoms with Gasteiger partial charge in [0.2, 0.25) is 0 Å². The highest BCUT2D eigenvalue weighted by atomic mass is 32.1. The zero-order chi connectivity index (χ0) is 11.0. The van der Waals surface area contributed by atoms with E-state index in [9.17, 15) is 9.59 Å². The maximum absolute atomic E-state index is 10.7. The van der Waals surface area contributed by atoms with Crippen LogP contribution in [0.2, 0.25) is 0 Å². The van der Waals surface area contributed by atoms with Crippen LogP contribution in [0.3, 0.4) is 0 Å². The van der Waals surface area contributed by atoms with Gasteiger partial charge in [-0.3, -0.25) is 13.9 Å². The maximum atomic E-state index is 10.7. The van der Waals surface area contributed by atoms with Gasteiger partial charge in [0.05, 0.1) is 27.1 Å². The average molecular weight is 221 g/mol. The van der Waals surface area contributed by atoms with Gasteiger partial charge in [-0.05, 0) is 0 Å². The Hall–Kier alpha value is -0.750. The molecule has 0 saturated heterocycles. The normalized spacial score (nSPS) is 10.0. The van der Waals surface area contributed by atoms with Crippen LogP contribution in [-0.2, 0) is 19.1 Å². The number of carbonyl (C=O) groups excluding carboxylic acids is 2. The number of carbonyl (C=O) groups is 2. The van der Waals surface area contributed by atoms with Crippen LogP contribution in [0.5, 0.6) is 0 Å². The summed E-state index contributed by atoms with van der Waals surface area (Å²) in [6, 6.07) is 0. The van der Waals surface area contributed by atoms with Crippen molar-refractivity contribution in [2.45, 2.75) is 12.8 Å². The molecule has 0 aromatic heterocycles. The van der Waals surface area contributed by atoms with E-state index in [-0.39, 0.29) is 24.8 Å². The van der Waals surface area contributed by atoms with Crippen LogP contribution >= 0.6 is 12.8 Å². The predicted octanol–water partition coefficient (Wildman–Crippen LogP) is 0.259. The minimum Gasteiger partial charge on any atom is -0.469 e. The molecule has 82 valence electrons. The second-order valence-corrected chi connectivity index (χ2v) is 3.17. The summed E-state index contributed by atoms with van der Waals surface area (Å²) in [5.41, 5.74) is 0. The van der Waals surface area contributed by atoms with Crippen LogP contribution < -0.4 is 0 Å². The van der Waals surface area contributed by atoms with Crippen LogP contribution in [0.25, 0.3) is 0 Å². The molecule has 0 unspecified atom stereocenters. The molecule has 0 aromatic rings. The van der Waals surface area contributed by atoms with Crippen molar-refractivity contribution in [3.8, 4) is 0 Å². The molecule has 0 fully saturated rings. The minimum atomic E-state index is -0.290. The lowest BCUT2D eigenvalue weighted by atomic mass is 10.4. The third kappa shape index (κ3) is 6.73. The first kappa shape index (κ1) is 13.2. The molecule has 0 atom stereocenters. The summed E-state index contributed by atoms with van der Waals surface area (Å²) in [4.78, 5) is 21.5. The van der Waals surface area contributed by atoms with Crippen molar-refractivity contribution in [2.75, 3.05) is 27.3 Å². The predicted molar refractivity (Wildman–Crippen MR) is 53.8 cm³/mol. The van der Waals surface area contributed by atoms with E-state index in [1.807, 2.05) is 0 Å². The Morgan fingerprint density at radius 2 is 1.43 bits per heavy atom. The molecule has 0 aliphatic rings. The number of thiol groups is 1. The Bertz CT molecular complexity index is 178. The lowest BCUT2D eigenvalue weighted by Crippen LogP contribution is -2.21. The van der Waals surface area contributed by atoms with Gasteiger partial charge in [-0.15, -0.1) is 0 Å². The SMILES string of the molecule is COC(=O)CCN(S)CCC(=O)OC. The molecule has 0 aliphatic heterocycles. The first-order chi connectivity index (χ1) is 6.60. The molecule has 0 bridgehead atoms. The van der Waals surface area contributed by atoms with Crippen LogP contribution in [-0.4, -0.2) is 43.6 Å². The number of nitrogens with zero attached hydrogens (tertiary/aromatic N) is 1. The number of rotatable bonds is 6. The quantitative estimate of drug-likeness (QED) is 0.515. The van der Waals surface area contributed by atoms with E-state index in [2.05, 4.69) is 22.3 Å². The van der Waals surface area contributed by atoms with E-state index in [0.29, 0.717) is 13.1 Å². The zero-order valence-corrected chi connectivity index (χ0v) is 9.25. The van der Waals surface area contributed by atoms with Gasteiger partial charge in [0.15, 0.2) is 0 Å². The zero-order valence-electron chi connectivity index (χ0n) is 8.36. The van der Waals surface area contributed by atoms with E-state index in [4.69, 9.17) is 0 Å². The molecule has 0 heterocycles. The summed E-state index contributed by atoms with van der Waals surface area (Å²) in [7, 11) is 2.67. The Balaban J connectivity index is 3.50. The first-order valence-corrected chi connectivity index (χ1v) is 4.57. The largest absolute Gasteiger partial charge is 0.469 e. The number of hydrogen-bond donors (Lipinski definition) is 1. The topological polar surface area (TPSA) is 55.8 Å². The molecule has 0 aliphatic carbocycles. The van der Waals surface area contributed by atoms with Gasteiger partial charge in [0.1, 0.15) is 0 Å². The van der Waals surface area contributed by atoms with Gasteiger partial charge in [-0.2, -0.15) is 0 Å². The fourth-order valence-corrected chi connectivity index (χ4v) is 0.957. The summed E-state index contributed by atoms with van der Waals surface area (Å²) in [6.45, 7) is 0.902. The molecule has 0 rings (SSSR count). The molecule has 5 nitrogen and oxygen atoms in total. The molecule has 0 spiro atoms. The molecular weight excluding hydrogens is 206 g/mol. The number of ether oxygens (including phenoxy) is 2. The van der Waals surface area contributed by atoms with Crippen LogP contribution in [0.15, 0.2) is 0 Å². The summed E-state index contributed by atoms with van der Waals surface area (Å²) >= 11 is 4.07. The number of methoxy groups -OCH3 is 2. The smallest absolute Gasteiger partial charge is 0.306 e. The Labute approximate surface area is 88.9 Å². The fraction of sp³-hybridized carbons (Fsp3) is 0.750. The molecule has 0 N–H and O–H groups in total. The summed E-state index contributed by atoms with van der Waals surface area (Å²) in [5.74, 6) is -0.579. The van der Waals surface area contributed by atoms with Crippen LogP contribution in [0.4, 0.5) is 0 Å². The van der Waals surface area contributed by atoms with Crippen molar-refractivity contribution >= 4 is 24.8 Å². The lowest BCUT2D eigenvalue weighted by Gasteiger charge is -2.12. The fourth-order valence-electron chi connectivity index (χ4n) is 0.757. The van der Waals surface area contributed by atoms with Gasteiger partial charge in [0.25, 0.3) is 0 Å². The lowest BCUT2D eigenvalue weighted by molar-refractivity contribution is -0.140. The van der Waals surface area contributed by atoms with E-state index >= 15 is 0 Å². The van der Waals surface area contributed by atoms with Gasteiger partial charge in [-0.25, -0.2) is 0 Å². The summed E-state index contributed by atoms with van der Waals surface area (Å²) in [5, 5.41) is 0. The third-order valence-electron chi connectivity index (χ3n) is 1.60. The molecule has 14 heavy (non-hydrogen) atoms. The van der Waals surface area contributed by atoms with E-state index in [1.54, 1.807) is 4.31 Å². The standard InChI is InChI=1S/C8H15NO4S/c1-12-7(10)3-5-9(14)6-4-8(11)13-2/h14H,3-6H2,1-2H3. The second kappa shape index (κ2) is 7.64. The van der Waals surface area contributed by atoms with E-state index in [0.717, 1.165) is 0 Å². The molecule has 0 aromatic carbocycles.